The van der Waals surface area contributed by atoms with Crippen molar-refractivity contribution >= 4 is 83.1 Å². The zero-order valence-corrected chi connectivity index (χ0v) is 17.2. The van der Waals surface area contributed by atoms with E-state index in [2.05, 4.69) is 63.7 Å². The molecule has 0 amide bonds. The van der Waals surface area contributed by atoms with Crippen LogP contribution in [0.4, 0.5) is 0 Å². The minimum absolute atomic E-state index is 0.152. The van der Waals surface area contributed by atoms with Crippen molar-refractivity contribution in [3.05, 3.63) is 0 Å². The SMILES string of the molecule is O=P(O)(O)OC(CBr)(CBr)C(CCl)CC(Br)CBr. The summed E-state index contributed by atoms with van der Waals surface area (Å²) >= 11 is 19.2. The van der Waals surface area contributed by atoms with Gasteiger partial charge in [0.1, 0.15) is 5.60 Å². The number of hydrogen-bond acceptors (Lipinski definition) is 2. The van der Waals surface area contributed by atoms with Crippen LogP contribution in [0.25, 0.3) is 0 Å². The summed E-state index contributed by atoms with van der Waals surface area (Å²) in [5.74, 6) is 0.0271. The van der Waals surface area contributed by atoms with Crippen LogP contribution >= 0.6 is 83.1 Å². The van der Waals surface area contributed by atoms with Crippen LogP contribution in [0.2, 0.25) is 0 Å². The summed E-state index contributed by atoms with van der Waals surface area (Å²) in [5, 5.41) is 1.27. The van der Waals surface area contributed by atoms with Gasteiger partial charge in [-0.15, -0.1) is 11.6 Å². The van der Waals surface area contributed by atoms with Crippen LogP contribution < -0.4 is 0 Å². The van der Waals surface area contributed by atoms with Crippen molar-refractivity contribution in [2.24, 2.45) is 5.92 Å². The van der Waals surface area contributed by atoms with Gasteiger partial charge in [0, 0.05) is 32.6 Å². The monoisotopic (exact) mass is 556 g/mol. The van der Waals surface area contributed by atoms with Crippen LogP contribution in [-0.4, -0.2) is 42.1 Å². The molecular weight excluding hydrogens is 546 g/mol. The molecule has 2 unspecified atom stereocenters. The predicted molar refractivity (Wildman–Crippen MR) is 88.8 cm³/mol. The van der Waals surface area contributed by atoms with E-state index in [1.165, 1.54) is 0 Å². The molecule has 0 aliphatic carbocycles. The molecule has 0 saturated heterocycles. The maximum absolute atomic E-state index is 11.1. The fraction of sp³-hybridized carbons (Fsp3) is 1.00. The van der Waals surface area contributed by atoms with Crippen LogP contribution in [0.15, 0.2) is 0 Å². The van der Waals surface area contributed by atoms with E-state index in [0.29, 0.717) is 6.42 Å². The third-order valence-corrected chi connectivity index (χ3v) is 7.61. The van der Waals surface area contributed by atoms with Crippen LogP contribution in [0, 0.1) is 5.92 Å². The third-order valence-electron chi connectivity index (χ3n) is 2.39. The summed E-state index contributed by atoms with van der Waals surface area (Å²) < 4.78 is 16.1. The van der Waals surface area contributed by atoms with Gasteiger partial charge in [-0.2, -0.15) is 0 Å². The number of hydrogen-bond donors (Lipinski definition) is 2. The molecule has 0 heterocycles. The van der Waals surface area contributed by atoms with E-state index in [-0.39, 0.29) is 27.3 Å². The maximum atomic E-state index is 11.1. The summed E-state index contributed by atoms with van der Waals surface area (Å²) in [7, 11) is -4.58. The molecule has 0 aliphatic rings. The van der Waals surface area contributed by atoms with Gasteiger partial charge in [-0.25, -0.2) is 4.57 Å². The van der Waals surface area contributed by atoms with Gasteiger partial charge in [-0.3, -0.25) is 4.52 Å². The van der Waals surface area contributed by atoms with Crippen molar-refractivity contribution in [3.63, 3.8) is 0 Å². The average Bonchev–Trinajstić information content (AvgIpc) is 2.31. The fourth-order valence-electron chi connectivity index (χ4n) is 1.40. The van der Waals surface area contributed by atoms with Crippen molar-refractivity contribution in [1.82, 2.24) is 0 Å². The van der Waals surface area contributed by atoms with Crippen molar-refractivity contribution in [3.8, 4) is 0 Å². The summed E-state index contributed by atoms with van der Waals surface area (Å²) in [4.78, 5) is 18.2. The van der Waals surface area contributed by atoms with Crippen LogP contribution in [0.1, 0.15) is 6.42 Å². The van der Waals surface area contributed by atoms with E-state index in [9.17, 15) is 4.57 Å². The minimum Gasteiger partial charge on any atom is -0.303 e. The quantitative estimate of drug-likeness (QED) is 0.331. The Bertz CT molecular complexity index is 286. The third kappa shape index (κ3) is 6.85. The van der Waals surface area contributed by atoms with Gasteiger partial charge in [-0.1, -0.05) is 63.7 Å². The first-order valence-electron chi connectivity index (χ1n) is 4.89. The van der Waals surface area contributed by atoms with E-state index in [4.69, 9.17) is 25.9 Å². The van der Waals surface area contributed by atoms with E-state index >= 15 is 0 Å². The van der Waals surface area contributed by atoms with Gasteiger partial charge < -0.3 is 9.79 Å². The molecule has 0 spiro atoms. The van der Waals surface area contributed by atoms with Crippen molar-refractivity contribution in [2.75, 3.05) is 21.9 Å². The summed E-state index contributed by atoms with van der Waals surface area (Å²) in [6.07, 6.45) is 0.631. The zero-order valence-electron chi connectivity index (χ0n) is 9.24. The maximum Gasteiger partial charge on any atom is 0.470 e. The second-order valence-corrected chi connectivity index (χ2v) is 8.29. The van der Waals surface area contributed by atoms with Gasteiger partial charge in [-0.05, 0) is 6.42 Å². The van der Waals surface area contributed by atoms with E-state index in [0.717, 1.165) is 5.33 Å². The molecule has 10 heteroatoms. The molecule has 18 heavy (non-hydrogen) atoms. The molecule has 4 nitrogen and oxygen atoms in total. The largest absolute Gasteiger partial charge is 0.470 e. The van der Waals surface area contributed by atoms with E-state index in [1.807, 2.05) is 0 Å². The first kappa shape index (κ1) is 20.3. The van der Waals surface area contributed by atoms with Gasteiger partial charge in [0.2, 0.25) is 0 Å². The molecule has 0 saturated carbocycles. The van der Waals surface area contributed by atoms with Crippen molar-refractivity contribution in [1.29, 1.82) is 0 Å². The smallest absolute Gasteiger partial charge is 0.303 e. The van der Waals surface area contributed by atoms with Crippen molar-refractivity contribution < 1.29 is 18.9 Å². The summed E-state index contributed by atoms with van der Waals surface area (Å²) in [6.45, 7) is 0. The molecule has 2 atom stereocenters. The Morgan fingerprint density at radius 1 is 1.28 bits per heavy atom. The zero-order chi connectivity index (χ0) is 14.4. The lowest BCUT2D eigenvalue weighted by Crippen LogP contribution is -2.45. The van der Waals surface area contributed by atoms with E-state index in [1.54, 1.807) is 0 Å². The predicted octanol–water partition coefficient (Wildman–Crippen LogP) is 4.03. The minimum atomic E-state index is -4.58. The van der Waals surface area contributed by atoms with E-state index < -0.39 is 13.4 Å². The first-order valence-corrected chi connectivity index (χ1v) is 11.2. The number of rotatable bonds is 9. The van der Waals surface area contributed by atoms with Gasteiger partial charge in [0.15, 0.2) is 0 Å². The summed E-state index contributed by atoms with van der Waals surface area (Å²) in [6, 6.07) is 0. The second-order valence-electron chi connectivity index (χ2n) is 3.75. The highest BCUT2D eigenvalue weighted by molar-refractivity contribution is 9.12. The molecule has 0 radical (unpaired) electrons. The van der Waals surface area contributed by atoms with Crippen LogP contribution in [0.5, 0.6) is 0 Å². The highest BCUT2D eigenvalue weighted by atomic mass is 79.9. The molecule has 0 bridgehead atoms. The number of alkyl halides is 5. The Kier molecular flexibility index (Phi) is 10.6. The number of phosphoric acid groups is 1. The Labute approximate surface area is 145 Å². The highest BCUT2D eigenvalue weighted by Crippen LogP contribution is 2.47. The molecular formula is C8H14Br4ClO4P. The normalized spacial score (nSPS) is 16.6. The molecule has 0 fully saturated rings. The molecule has 0 aromatic heterocycles. The Balaban J connectivity index is 5.08. The second kappa shape index (κ2) is 9.36. The molecule has 2 N–H and O–H groups in total. The van der Waals surface area contributed by atoms with Gasteiger partial charge in [0.25, 0.3) is 0 Å². The average molecular weight is 560 g/mol. The van der Waals surface area contributed by atoms with Crippen LogP contribution in [-0.2, 0) is 9.09 Å². The van der Waals surface area contributed by atoms with Gasteiger partial charge >= 0.3 is 7.82 Å². The molecule has 0 aromatic rings. The molecule has 0 aromatic carbocycles. The Morgan fingerprint density at radius 3 is 2.06 bits per heavy atom. The molecule has 110 valence electrons. The molecule has 0 rings (SSSR count). The van der Waals surface area contributed by atoms with Gasteiger partial charge in [0.05, 0.1) is 0 Å². The first-order chi connectivity index (χ1) is 8.24. The Hall–Kier alpha value is 2.32. The lowest BCUT2D eigenvalue weighted by molar-refractivity contribution is 0.0295. The lowest BCUT2D eigenvalue weighted by atomic mass is 9.89. The van der Waals surface area contributed by atoms with Crippen LogP contribution in [0.3, 0.4) is 0 Å². The lowest BCUT2D eigenvalue weighted by Gasteiger charge is -2.37. The standard InChI is InChI=1S/C8H14Br4ClO4P/c9-2-7(12)1-6(3-13)8(4-10,5-11)17-18(14,15)16/h6-7H,1-5H2,(H2,14,15,16). The van der Waals surface area contributed by atoms with Crippen molar-refractivity contribution in [2.45, 2.75) is 16.8 Å². The Morgan fingerprint density at radius 2 is 1.78 bits per heavy atom. The summed E-state index contributed by atoms with van der Waals surface area (Å²) in [5.41, 5.74) is -1.05. The topological polar surface area (TPSA) is 66.8 Å². The number of halogens is 5. The fourth-order valence-corrected chi connectivity index (χ4v) is 5.71. The molecule has 0 aliphatic heterocycles. The highest BCUT2D eigenvalue weighted by Gasteiger charge is 2.43. The number of phosphoric ester groups is 1.